The molecule has 0 radical (unpaired) electrons. The molecular formula is C13H18N2O4. The monoisotopic (exact) mass is 266 g/mol. The van der Waals surface area contributed by atoms with Gasteiger partial charge in [-0.1, -0.05) is 0 Å². The highest BCUT2D eigenvalue weighted by molar-refractivity contribution is 5.95. The smallest absolute Gasteiger partial charge is 0.254 e. The first-order valence-electron chi connectivity index (χ1n) is 6.27. The Labute approximate surface area is 111 Å². The second kappa shape index (κ2) is 5.88. The fraction of sp³-hybridized carbons (Fsp3) is 0.538. The van der Waals surface area contributed by atoms with E-state index in [1.165, 1.54) is 13.2 Å². The minimum Gasteiger partial charge on any atom is -0.469 e. The van der Waals surface area contributed by atoms with Crippen molar-refractivity contribution >= 4 is 11.8 Å². The Morgan fingerprint density at radius 1 is 1.53 bits per heavy atom. The van der Waals surface area contributed by atoms with E-state index in [1.54, 1.807) is 17.9 Å². The second-order valence-electron chi connectivity index (χ2n) is 4.56. The van der Waals surface area contributed by atoms with Gasteiger partial charge in [-0.05, 0) is 13.0 Å². The van der Waals surface area contributed by atoms with Crippen LogP contribution >= 0.6 is 0 Å². The Morgan fingerprint density at radius 3 is 2.95 bits per heavy atom. The van der Waals surface area contributed by atoms with Crippen molar-refractivity contribution < 1.29 is 18.7 Å². The summed E-state index contributed by atoms with van der Waals surface area (Å²) in [4.78, 5) is 24.9. The number of nitrogens with zero attached hydrogens (tertiary/aromatic N) is 1. The van der Waals surface area contributed by atoms with E-state index in [0.717, 1.165) is 0 Å². The van der Waals surface area contributed by atoms with Crippen LogP contribution in [0, 0.1) is 6.92 Å². The molecule has 104 valence electrons. The van der Waals surface area contributed by atoms with Gasteiger partial charge in [-0.25, -0.2) is 0 Å². The summed E-state index contributed by atoms with van der Waals surface area (Å²) in [6.07, 6.45) is 1.33. The summed E-state index contributed by atoms with van der Waals surface area (Å²) in [5, 5.41) is 2.79. The number of carbonyl (C=O) groups excluding carboxylic acids is 2. The van der Waals surface area contributed by atoms with Gasteiger partial charge < -0.3 is 19.4 Å². The molecule has 1 aliphatic heterocycles. The van der Waals surface area contributed by atoms with E-state index in [4.69, 9.17) is 9.15 Å². The number of rotatable bonds is 3. The fourth-order valence-electron chi connectivity index (χ4n) is 2.05. The minimum absolute atomic E-state index is 0.0327. The van der Waals surface area contributed by atoms with Crippen LogP contribution in [0.25, 0.3) is 0 Å². The molecule has 1 N–H and O–H groups in total. The van der Waals surface area contributed by atoms with Gasteiger partial charge in [0.15, 0.2) is 0 Å². The standard InChI is InChI=1S/C13H18N2O4/c1-9-12(3-5-18-9)13(17)14-7-11-8-15(10(2)16)4-6-19-11/h3,5,11H,4,6-8H2,1-2H3,(H,14,17)/t11-/m1/s1. The first-order chi connectivity index (χ1) is 9.08. The van der Waals surface area contributed by atoms with Crippen molar-refractivity contribution in [2.24, 2.45) is 0 Å². The van der Waals surface area contributed by atoms with E-state index >= 15 is 0 Å². The van der Waals surface area contributed by atoms with Crippen molar-refractivity contribution in [2.45, 2.75) is 20.0 Å². The molecule has 19 heavy (non-hydrogen) atoms. The average molecular weight is 266 g/mol. The highest BCUT2D eigenvalue weighted by Gasteiger charge is 2.23. The summed E-state index contributed by atoms with van der Waals surface area (Å²) in [6, 6.07) is 1.63. The summed E-state index contributed by atoms with van der Waals surface area (Å²) in [6.45, 7) is 5.29. The van der Waals surface area contributed by atoms with Gasteiger partial charge in [0.1, 0.15) is 5.76 Å². The molecule has 0 bridgehead atoms. The zero-order chi connectivity index (χ0) is 13.8. The van der Waals surface area contributed by atoms with Gasteiger partial charge in [-0.3, -0.25) is 9.59 Å². The molecule has 0 aromatic carbocycles. The Morgan fingerprint density at radius 2 is 2.32 bits per heavy atom. The normalized spacial score (nSPS) is 19.3. The molecule has 1 aromatic rings. The lowest BCUT2D eigenvalue weighted by Crippen LogP contribution is -2.49. The molecule has 0 spiro atoms. The van der Waals surface area contributed by atoms with Crippen molar-refractivity contribution in [3.05, 3.63) is 23.7 Å². The third kappa shape index (κ3) is 3.35. The van der Waals surface area contributed by atoms with Crippen LogP contribution in [0.2, 0.25) is 0 Å². The zero-order valence-electron chi connectivity index (χ0n) is 11.1. The fourth-order valence-corrected chi connectivity index (χ4v) is 2.05. The van der Waals surface area contributed by atoms with Crippen LogP contribution < -0.4 is 5.32 Å². The van der Waals surface area contributed by atoms with Gasteiger partial charge in [0.05, 0.1) is 24.5 Å². The number of morpholine rings is 1. The Balaban J connectivity index is 1.84. The lowest BCUT2D eigenvalue weighted by Gasteiger charge is -2.32. The molecule has 1 aromatic heterocycles. The van der Waals surface area contributed by atoms with Crippen LogP contribution in [0.1, 0.15) is 23.0 Å². The third-order valence-corrected chi connectivity index (χ3v) is 3.18. The Bertz CT molecular complexity index is 469. The van der Waals surface area contributed by atoms with Crippen LogP contribution in [0.3, 0.4) is 0 Å². The maximum absolute atomic E-state index is 11.9. The average Bonchev–Trinajstić information content (AvgIpc) is 2.82. The summed E-state index contributed by atoms with van der Waals surface area (Å²) in [7, 11) is 0. The van der Waals surface area contributed by atoms with E-state index in [2.05, 4.69) is 5.32 Å². The SMILES string of the molecule is CC(=O)N1CCO[C@H](CNC(=O)c2ccoc2C)C1. The van der Waals surface area contributed by atoms with Crippen molar-refractivity contribution in [1.29, 1.82) is 0 Å². The first-order valence-corrected chi connectivity index (χ1v) is 6.27. The van der Waals surface area contributed by atoms with Gasteiger partial charge in [-0.15, -0.1) is 0 Å². The third-order valence-electron chi connectivity index (χ3n) is 3.18. The molecule has 6 heteroatoms. The number of nitrogens with one attached hydrogen (secondary N) is 1. The largest absolute Gasteiger partial charge is 0.469 e. The molecule has 1 atom stereocenters. The van der Waals surface area contributed by atoms with Crippen LogP contribution in [0.4, 0.5) is 0 Å². The number of hydrogen-bond acceptors (Lipinski definition) is 4. The van der Waals surface area contributed by atoms with E-state index < -0.39 is 0 Å². The van der Waals surface area contributed by atoms with Gasteiger partial charge in [0, 0.05) is 26.6 Å². The molecule has 2 amide bonds. The van der Waals surface area contributed by atoms with E-state index in [9.17, 15) is 9.59 Å². The lowest BCUT2D eigenvalue weighted by molar-refractivity contribution is -0.136. The molecule has 0 unspecified atom stereocenters. The highest BCUT2D eigenvalue weighted by atomic mass is 16.5. The first kappa shape index (κ1) is 13.6. The summed E-state index contributed by atoms with van der Waals surface area (Å²) < 4.78 is 10.6. The summed E-state index contributed by atoms with van der Waals surface area (Å²) >= 11 is 0. The molecule has 0 saturated carbocycles. The van der Waals surface area contributed by atoms with Gasteiger partial charge in [0.2, 0.25) is 5.91 Å². The Kier molecular flexibility index (Phi) is 4.21. The van der Waals surface area contributed by atoms with Crippen LogP contribution in [0.5, 0.6) is 0 Å². The molecule has 6 nitrogen and oxygen atoms in total. The topological polar surface area (TPSA) is 71.8 Å². The van der Waals surface area contributed by atoms with Crippen molar-refractivity contribution in [2.75, 3.05) is 26.2 Å². The summed E-state index contributed by atoms with van der Waals surface area (Å²) in [5.41, 5.74) is 0.527. The number of aryl methyl sites for hydroxylation is 1. The number of ether oxygens (including phenoxy) is 1. The van der Waals surface area contributed by atoms with E-state index in [1.807, 2.05) is 0 Å². The molecule has 2 heterocycles. The minimum atomic E-state index is -0.185. The van der Waals surface area contributed by atoms with Crippen LogP contribution in [-0.2, 0) is 9.53 Å². The number of amides is 2. The van der Waals surface area contributed by atoms with Crippen molar-refractivity contribution in [3.8, 4) is 0 Å². The predicted octanol–water partition coefficient (Wildman–Crippen LogP) is 0.565. The molecule has 2 rings (SSSR count). The maximum atomic E-state index is 11.9. The van der Waals surface area contributed by atoms with E-state index in [0.29, 0.717) is 37.6 Å². The van der Waals surface area contributed by atoms with Crippen LogP contribution in [0.15, 0.2) is 16.7 Å². The van der Waals surface area contributed by atoms with Gasteiger partial charge >= 0.3 is 0 Å². The summed E-state index contributed by atoms with van der Waals surface area (Å²) in [5.74, 6) is 0.438. The van der Waals surface area contributed by atoms with Crippen molar-refractivity contribution in [3.63, 3.8) is 0 Å². The van der Waals surface area contributed by atoms with Gasteiger partial charge in [-0.2, -0.15) is 0 Å². The predicted molar refractivity (Wildman–Crippen MR) is 67.8 cm³/mol. The van der Waals surface area contributed by atoms with E-state index in [-0.39, 0.29) is 17.9 Å². The van der Waals surface area contributed by atoms with Crippen molar-refractivity contribution in [1.82, 2.24) is 10.2 Å². The van der Waals surface area contributed by atoms with Crippen LogP contribution in [-0.4, -0.2) is 49.1 Å². The zero-order valence-corrected chi connectivity index (χ0v) is 11.1. The quantitative estimate of drug-likeness (QED) is 0.868. The number of carbonyl (C=O) groups is 2. The molecule has 1 fully saturated rings. The second-order valence-corrected chi connectivity index (χ2v) is 4.56. The number of furan rings is 1. The highest BCUT2D eigenvalue weighted by Crippen LogP contribution is 2.09. The number of hydrogen-bond donors (Lipinski definition) is 1. The van der Waals surface area contributed by atoms with Gasteiger partial charge in [0.25, 0.3) is 5.91 Å². The molecule has 1 saturated heterocycles. The Hall–Kier alpha value is -1.82. The molecule has 1 aliphatic rings. The molecule has 0 aliphatic carbocycles. The molecular weight excluding hydrogens is 248 g/mol. The lowest BCUT2D eigenvalue weighted by atomic mass is 10.2. The maximum Gasteiger partial charge on any atom is 0.254 e.